The van der Waals surface area contributed by atoms with E-state index in [4.69, 9.17) is 0 Å². The highest BCUT2D eigenvalue weighted by atomic mass is 79.9. The van der Waals surface area contributed by atoms with Gasteiger partial charge < -0.3 is 5.32 Å². The van der Waals surface area contributed by atoms with Crippen molar-refractivity contribution in [1.29, 1.82) is 0 Å². The fraction of sp³-hybridized carbons (Fsp3) is 0.167. The number of pyridine rings is 1. The van der Waals surface area contributed by atoms with Gasteiger partial charge in [-0.3, -0.25) is 9.78 Å². The van der Waals surface area contributed by atoms with Crippen molar-refractivity contribution in [3.8, 4) is 0 Å². The van der Waals surface area contributed by atoms with Crippen molar-refractivity contribution in [3.05, 3.63) is 34.9 Å². The number of nitrogens with one attached hydrogen (secondary N) is 1. The molecule has 0 aliphatic heterocycles. The smallest absolute Gasteiger partial charge is 0.225 e. The molecule has 1 N–H and O–H groups in total. The van der Waals surface area contributed by atoms with Crippen LogP contribution in [0, 0.1) is 0 Å². The lowest BCUT2D eigenvalue weighted by Crippen LogP contribution is -2.12. The van der Waals surface area contributed by atoms with Crippen molar-refractivity contribution >= 4 is 51.1 Å². The Balaban J connectivity index is 2.37. The van der Waals surface area contributed by atoms with E-state index in [2.05, 4.69) is 38.9 Å². The number of para-hydroxylation sites is 1. The summed E-state index contributed by atoms with van der Waals surface area (Å²) in [5.74, 6) is 0.493. The molecular formula is C12H11BrN2OS. The molecule has 88 valence electrons. The number of amides is 1. The first-order valence-electron chi connectivity index (χ1n) is 5.15. The van der Waals surface area contributed by atoms with Gasteiger partial charge in [-0.1, -0.05) is 12.1 Å². The lowest BCUT2D eigenvalue weighted by molar-refractivity contribution is -0.115. The van der Waals surface area contributed by atoms with Gasteiger partial charge in [0, 0.05) is 22.5 Å². The minimum absolute atomic E-state index is 0.0442. The van der Waals surface area contributed by atoms with E-state index in [-0.39, 0.29) is 5.91 Å². The second-order valence-corrected chi connectivity index (χ2v) is 4.92. The monoisotopic (exact) mass is 310 g/mol. The Kier molecular flexibility index (Phi) is 4.02. The van der Waals surface area contributed by atoms with Crippen molar-refractivity contribution in [1.82, 2.24) is 4.98 Å². The van der Waals surface area contributed by atoms with Crippen LogP contribution in [0.15, 0.2) is 34.9 Å². The minimum atomic E-state index is -0.0442. The van der Waals surface area contributed by atoms with Crippen LogP contribution in [0.2, 0.25) is 0 Å². The van der Waals surface area contributed by atoms with E-state index in [1.54, 1.807) is 6.20 Å². The van der Waals surface area contributed by atoms with Gasteiger partial charge in [0.05, 0.1) is 11.2 Å². The maximum atomic E-state index is 11.5. The number of carbonyl (C=O) groups excluding carboxylic acids is 1. The molecule has 0 saturated carbocycles. The molecule has 1 aromatic carbocycles. The molecule has 0 saturated heterocycles. The quantitative estimate of drug-likeness (QED) is 0.855. The highest BCUT2D eigenvalue weighted by molar-refractivity contribution is 9.10. The van der Waals surface area contributed by atoms with Gasteiger partial charge in [0.2, 0.25) is 5.91 Å². The van der Waals surface area contributed by atoms with Crippen LogP contribution in [0.5, 0.6) is 0 Å². The van der Waals surface area contributed by atoms with E-state index in [0.29, 0.717) is 12.2 Å². The van der Waals surface area contributed by atoms with Gasteiger partial charge in [-0.15, -0.1) is 0 Å². The summed E-state index contributed by atoms with van der Waals surface area (Å²) in [6, 6.07) is 7.67. The molecule has 0 bridgehead atoms. The van der Waals surface area contributed by atoms with E-state index in [0.717, 1.165) is 21.1 Å². The summed E-state index contributed by atoms with van der Waals surface area (Å²) in [5.41, 5.74) is 1.53. The Bertz CT molecular complexity index is 559. The highest BCUT2D eigenvalue weighted by Crippen LogP contribution is 2.23. The standard InChI is InChI=1S/C12H11BrN2OS/c13-9-6-8-2-1-3-10(12(8)14-7-9)15-11(16)4-5-17/h1-3,6-7,17H,4-5H2,(H,15,16). The van der Waals surface area contributed by atoms with Gasteiger partial charge in [0.25, 0.3) is 0 Å². The molecule has 0 spiro atoms. The van der Waals surface area contributed by atoms with Crippen LogP contribution in [0.1, 0.15) is 6.42 Å². The van der Waals surface area contributed by atoms with E-state index in [1.165, 1.54) is 0 Å². The average Bonchev–Trinajstić information content (AvgIpc) is 2.29. The third-order valence-corrected chi connectivity index (χ3v) is 2.95. The fourth-order valence-electron chi connectivity index (χ4n) is 1.55. The normalized spacial score (nSPS) is 10.5. The van der Waals surface area contributed by atoms with Crippen molar-refractivity contribution in [3.63, 3.8) is 0 Å². The first kappa shape index (κ1) is 12.4. The van der Waals surface area contributed by atoms with Crippen molar-refractivity contribution in [2.45, 2.75) is 6.42 Å². The molecule has 1 amide bonds. The molecule has 1 heterocycles. The third kappa shape index (κ3) is 2.98. The van der Waals surface area contributed by atoms with Crippen LogP contribution in [0.25, 0.3) is 10.9 Å². The number of nitrogens with zero attached hydrogens (tertiary/aromatic N) is 1. The van der Waals surface area contributed by atoms with Gasteiger partial charge in [-0.2, -0.15) is 12.6 Å². The SMILES string of the molecule is O=C(CCS)Nc1cccc2cc(Br)cnc12. The number of anilines is 1. The molecule has 0 aliphatic carbocycles. The zero-order valence-electron chi connectivity index (χ0n) is 8.98. The number of hydrogen-bond donors (Lipinski definition) is 2. The fourth-order valence-corrected chi connectivity index (χ4v) is 2.10. The summed E-state index contributed by atoms with van der Waals surface area (Å²) in [7, 11) is 0. The zero-order valence-corrected chi connectivity index (χ0v) is 11.5. The molecule has 0 fully saturated rings. The van der Waals surface area contributed by atoms with Crippen LogP contribution in [-0.4, -0.2) is 16.6 Å². The number of rotatable bonds is 3. The maximum absolute atomic E-state index is 11.5. The number of fused-ring (bicyclic) bond motifs is 1. The van der Waals surface area contributed by atoms with Crippen molar-refractivity contribution in [2.24, 2.45) is 0 Å². The predicted molar refractivity (Wildman–Crippen MR) is 76.5 cm³/mol. The molecule has 2 rings (SSSR count). The average molecular weight is 311 g/mol. The van der Waals surface area contributed by atoms with Crippen LogP contribution < -0.4 is 5.32 Å². The second-order valence-electron chi connectivity index (χ2n) is 3.55. The zero-order chi connectivity index (χ0) is 12.3. The maximum Gasteiger partial charge on any atom is 0.225 e. The Morgan fingerprint density at radius 3 is 3.06 bits per heavy atom. The van der Waals surface area contributed by atoms with Crippen molar-refractivity contribution < 1.29 is 4.79 Å². The minimum Gasteiger partial charge on any atom is -0.324 e. The Labute approximate surface area is 113 Å². The summed E-state index contributed by atoms with van der Waals surface area (Å²) in [5, 5.41) is 3.83. The van der Waals surface area contributed by atoms with E-state index < -0.39 is 0 Å². The first-order valence-corrected chi connectivity index (χ1v) is 6.58. The summed E-state index contributed by atoms with van der Waals surface area (Å²) >= 11 is 7.40. The lowest BCUT2D eigenvalue weighted by atomic mass is 10.2. The molecule has 0 aliphatic rings. The molecule has 2 aromatic rings. The molecular weight excluding hydrogens is 300 g/mol. The lowest BCUT2D eigenvalue weighted by Gasteiger charge is -2.07. The van der Waals surface area contributed by atoms with E-state index in [1.807, 2.05) is 24.3 Å². The van der Waals surface area contributed by atoms with Crippen LogP contribution in [0.4, 0.5) is 5.69 Å². The Morgan fingerprint density at radius 1 is 1.47 bits per heavy atom. The molecule has 0 unspecified atom stereocenters. The van der Waals surface area contributed by atoms with Crippen LogP contribution >= 0.6 is 28.6 Å². The third-order valence-electron chi connectivity index (χ3n) is 2.29. The molecule has 17 heavy (non-hydrogen) atoms. The number of benzene rings is 1. The summed E-state index contributed by atoms with van der Waals surface area (Å²) in [6.45, 7) is 0. The second kappa shape index (κ2) is 5.51. The largest absolute Gasteiger partial charge is 0.324 e. The van der Waals surface area contributed by atoms with E-state index in [9.17, 15) is 4.79 Å². The van der Waals surface area contributed by atoms with Gasteiger partial charge in [-0.25, -0.2) is 0 Å². The molecule has 1 aromatic heterocycles. The van der Waals surface area contributed by atoms with Gasteiger partial charge in [0.1, 0.15) is 0 Å². The van der Waals surface area contributed by atoms with Crippen molar-refractivity contribution in [2.75, 3.05) is 11.1 Å². The summed E-state index contributed by atoms with van der Waals surface area (Å²) in [6.07, 6.45) is 2.12. The van der Waals surface area contributed by atoms with Gasteiger partial charge >= 0.3 is 0 Å². The highest BCUT2D eigenvalue weighted by Gasteiger charge is 2.06. The predicted octanol–water partition coefficient (Wildman–Crippen LogP) is 3.26. The summed E-state index contributed by atoms with van der Waals surface area (Å²) < 4.78 is 0.920. The topological polar surface area (TPSA) is 42.0 Å². The number of thiol groups is 1. The first-order chi connectivity index (χ1) is 8.20. The Morgan fingerprint density at radius 2 is 2.29 bits per heavy atom. The molecule has 0 radical (unpaired) electrons. The Hall–Kier alpha value is -1.07. The molecule has 3 nitrogen and oxygen atoms in total. The van der Waals surface area contributed by atoms with Gasteiger partial charge in [0.15, 0.2) is 0 Å². The number of halogens is 1. The van der Waals surface area contributed by atoms with Crippen LogP contribution in [0.3, 0.4) is 0 Å². The van der Waals surface area contributed by atoms with E-state index >= 15 is 0 Å². The number of aromatic nitrogens is 1. The summed E-state index contributed by atoms with van der Waals surface area (Å²) in [4.78, 5) is 15.8. The van der Waals surface area contributed by atoms with Crippen LogP contribution in [-0.2, 0) is 4.79 Å². The number of hydrogen-bond acceptors (Lipinski definition) is 3. The number of carbonyl (C=O) groups is 1. The molecule has 0 atom stereocenters. The van der Waals surface area contributed by atoms with Gasteiger partial charge in [-0.05, 0) is 33.8 Å². The molecule has 5 heteroatoms.